The van der Waals surface area contributed by atoms with E-state index in [0.717, 1.165) is 18.4 Å². The largest absolute Gasteiger partial charge is 0.481 e. The van der Waals surface area contributed by atoms with Gasteiger partial charge in [0.05, 0.1) is 12.5 Å². The van der Waals surface area contributed by atoms with Gasteiger partial charge in [-0.2, -0.15) is 5.26 Å². The summed E-state index contributed by atoms with van der Waals surface area (Å²) in [4.78, 5) is 11.7. The van der Waals surface area contributed by atoms with E-state index < -0.39 is 6.10 Å². The van der Waals surface area contributed by atoms with E-state index in [-0.39, 0.29) is 5.91 Å². The molecule has 0 aliphatic heterocycles. The molecule has 94 valence electrons. The molecule has 0 bridgehead atoms. The highest BCUT2D eigenvalue weighted by molar-refractivity contribution is 5.81. The molecule has 0 spiro atoms. The van der Waals surface area contributed by atoms with Gasteiger partial charge >= 0.3 is 0 Å². The summed E-state index contributed by atoms with van der Waals surface area (Å²) in [6.07, 6.45) is 2.04. The number of hydrogen-bond acceptors (Lipinski definition) is 3. The Bertz CT molecular complexity index is 458. The van der Waals surface area contributed by atoms with E-state index in [9.17, 15) is 4.79 Å². The molecule has 1 saturated carbocycles. The molecule has 1 aromatic carbocycles. The molecule has 1 aromatic rings. The Morgan fingerprint density at radius 2 is 2.17 bits per heavy atom. The molecular weight excluding hydrogens is 228 g/mol. The lowest BCUT2D eigenvalue weighted by Gasteiger charge is -2.14. The van der Waals surface area contributed by atoms with Gasteiger partial charge in [0.2, 0.25) is 0 Å². The minimum absolute atomic E-state index is 0.0707. The summed E-state index contributed by atoms with van der Waals surface area (Å²) in [5.41, 5.74) is 0.944. The zero-order valence-corrected chi connectivity index (χ0v) is 10.3. The smallest absolute Gasteiger partial charge is 0.260 e. The van der Waals surface area contributed by atoms with Gasteiger partial charge in [-0.15, -0.1) is 0 Å². The van der Waals surface area contributed by atoms with Crippen LogP contribution in [0.2, 0.25) is 0 Å². The number of ether oxygens (including phenoxy) is 1. The van der Waals surface area contributed by atoms with Crippen LogP contribution < -0.4 is 10.1 Å². The first-order chi connectivity index (χ1) is 8.69. The molecular formula is C14H16N2O2. The number of rotatable bonds is 5. The number of nitrogens with zero attached hydrogens (tertiary/aromatic N) is 1. The fourth-order valence-corrected chi connectivity index (χ4v) is 1.58. The van der Waals surface area contributed by atoms with Crippen molar-refractivity contribution in [1.82, 2.24) is 5.32 Å². The zero-order valence-electron chi connectivity index (χ0n) is 10.3. The molecule has 1 amide bonds. The van der Waals surface area contributed by atoms with Crippen LogP contribution >= 0.6 is 0 Å². The second kappa shape index (κ2) is 5.54. The third kappa shape index (κ3) is 3.49. The summed E-state index contributed by atoms with van der Waals surface area (Å²) in [7, 11) is 0. The van der Waals surface area contributed by atoms with Crippen molar-refractivity contribution in [3.05, 3.63) is 29.8 Å². The minimum atomic E-state index is -0.493. The van der Waals surface area contributed by atoms with Gasteiger partial charge in [0.25, 0.3) is 5.91 Å². The van der Waals surface area contributed by atoms with Crippen LogP contribution in [0.3, 0.4) is 0 Å². The van der Waals surface area contributed by atoms with Crippen LogP contribution in [0.25, 0.3) is 0 Å². The van der Waals surface area contributed by atoms with Crippen molar-refractivity contribution in [1.29, 1.82) is 5.26 Å². The summed E-state index contributed by atoms with van der Waals surface area (Å²) in [5, 5.41) is 11.5. The Kier molecular flexibility index (Phi) is 3.83. The maximum absolute atomic E-state index is 11.7. The van der Waals surface area contributed by atoms with Crippen LogP contribution in [0.15, 0.2) is 24.3 Å². The standard InChI is InChI=1S/C14H16N2O2/c1-10(14(17)16-12-4-5-12)18-13-6-2-11(3-7-13)8-9-15/h2-3,6-7,10,12H,4-5,8H2,1H3,(H,16,17). The SMILES string of the molecule is CC(Oc1ccc(CC#N)cc1)C(=O)NC1CC1. The predicted molar refractivity (Wildman–Crippen MR) is 67.0 cm³/mol. The predicted octanol–water partition coefficient (Wildman–Crippen LogP) is 1.80. The number of carbonyl (C=O) groups excluding carboxylic acids is 1. The van der Waals surface area contributed by atoms with Crippen molar-refractivity contribution in [2.24, 2.45) is 0 Å². The van der Waals surface area contributed by atoms with Gasteiger partial charge in [0.15, 0.2) is 6.10 Å². The summed E-state index contributed by atoms with van der Waals surface area (Å²) in [5.74, 6) is 0.578. The molecule has 1 fully saturated rings. The van der Waals surface area contributed by atoms with Crippen LogP contribution in [0.4, 0.5) is 0 Å². The molecule has 1 aliphatic rings. The van der Waals surface area contributed by atoms with Crippen LogP contribution in [0, 0.1) is 11.3 Å². The molecule has 4 nitrogen and oxygen atoms in total. The molecule has 2 rings (SSSR count). The van der Waals surface area contributed by atoms with Gasteiger partial charge < -0.3 is 10.1 Å². The fraction of sp³-hybridized carbons (Fsp3) is 0.429. The second-order valence-corrected chi connectivity index (χ2v) is 4.52. The molecule has 4 heteroatoms. The van der Waals surface area contributed by atoms with Gasteiger partial charge in [-0.3, -0.25) is 4.79 Å². The number of nitrogens with one attached hydrogen (secondary N) is 1. The lowest BCUT2D eigenvalue weighted by atomic mass is 10.2. The van der Waals surface area contributed by atoms with Crippen LogP contribution in [-0.2, 0) is 11.2 Å². The molecule has 0 heterocycles. The zero-order chi connectivity index (χ0) is 13.0. The third-order valence-electron chi connectivity index (χ3n) is 2.81. The van der Waals surface area contributed by atoms with E-state index in [2.05, 4.69) is 11.4 Å². The van der Waals surface area contributed by atoms with Gasteiger partial charge in [-0.25, -0.2) is 0 Å². The molecule has 1 unspecified atom stereocenters. The summed E-state index contributed by atoms with van der Waals surface area (Å²) < 4.78 is 5.54. The van der Waals surface area contributed by atoms with Crippen LogP contribution in [0.1, 0.15) is 25.3 Å². The Labute approximate surface area is 107 Å². The highest BCUT2D eigenvalue weighted by atomic mass is 16.5. The molecule has 1 aliphatic carbocycles. The molecule has 0 saturated heterocycles. The number of nitriles is 1. The molecule has 0 radical (unpaired) electrons. The van der Waals surface area contributed by atoms with Gasteiger partial charge in [0, 0.05) is 6.04 Å². The summed E-state index contributed by atoms with van der Waals surface area (Å²) in [6.45, 7) is 1.74. The van der Waals surface area contributed by atoms with Gasteiger partial charge in [-0.1, -0.05) is 12.1 Å². The quantitative estimate of drug-likeness (QED) is 0.859. The monoisotopic (exact) mass is 244 g/mol. The number of hydrogen-bond donors (Lipinski definition) is 1. The average Bonchev–Trinajstić information content (AvgIpc) is 3.16. The van der Waals surface area contributed by atoms with E-state index in [0.29, 0.717) is 18.2 Å². The second-order valence-electron chi connectivity index (χ2n) is 4.52. The Balaban J connectivity index is 1.87. The highest BCUT2D eigenvalue weighted by Gasteiger charge is 2.26. The maximum atomic E-state index is 11.7. The van der Waals surface area contributed by atoms with Crippen molar-refractivity contribution < 1.29 is 9.53 Å². The summed E-state index contributed by atoms with van der Waals surface area (Å²) >= 11 is 0. The molecule has 18 heavy (non-hydrogen) atoms. The van der Waals surface area contributed by atoms with Crippen molar-refractivity contribution in [3.63, 3.8) is 0 Å². The molecule has 1 N–H and O–H groups in total. The highest BCUT2D eigenvalue weighted by Crippen LogP contribution is 2.19. The fourth-order valence-electron chi connectivity index (χ4n) is 1.58. The van der Waals surface area contributed by atoms with Crippen molar-refractivity contribution in [2.75, 3.05) is 0 Å². The van der Waals surface area contributed by atoms with Crippen LogP contribution in [0.5, 0.6) is 5.75 Å². The van der Waals surface area contributed by atoms with Gasteiger partial charge in [0.1, 0.15) is 5.75 Å². The van der Waals surface area contributed by atoms with E-state index in [4.69, 9.17) is 10.00 Å². The van der Waals surface area contributed by atoms with E-state index in [1.165, 1.54) is 0 Å². The van der Waals surface area contributed by atoms with Gasteiger partial charge in [-0.05, 0) is 37.5 Å². The normalized spacial score (nSPS) is 15.6. The summed E-state index contributed by atoms with van der Waals surface area (Å²) in [6, 6.07) is 9.68. The molecule has 1 atom stereocenters. The third-order valence-corrected chi connectivity index (χ3v) is 2.81. The van der Waals surface area contributed by atoms with E-state index in [1.54, 1.807) is 19.1 Å². The Hall–Kier alpha value is -2.02. The topological polar surface area (TPSA) is 62.1 Å². The lowest BCUT2D eigenvalue weighted by Crippen LogP contribution is -2.37. The minimum Gasteiger partial charge on any atom is -0.481 e. The maximum Gasteiger partial charge on any atom is 0.260 e. The van der Waals surface area contributed by atoms with Crippen molar-refractivity contribution in [3.8, 4) is 11.8 Å². The molecule has 0 aromatic heterocycles. The number of amides is 1. The Morgan fingerprint density at radius 3 is 2.72 bits per heavy atom. The van der Waals surface area contributed by atoms with Crippen LogP contribution in [-0.4, -0.2) is 18.1 Å². The van der Waals surface area contributed by atoms with Crippen molar-refractivity contribution >= 4 is 5.91 Å². The first kappa shape index (κ1) is 12.4. The number of carbonyl (C=O) groups is 1. The first-order valence-corrected chi connectivity index (χ1v) is 6.12. The first-order valence-electron chi connectivity index (χ1n) is 6.12. The number of benzene rings is 1. The lowest BCUT2D eigenvalue weighted by molar-refractivity contribution is -0.127. The Morgan fingerprint density at radius 1 is 1.50 bits per heavy atom. The van der Waals surface area contributed by atoms with Crippen molar-refractivity contribution in [2.45, 2.75) is 38.3 Å². The average molecular weight is 244 g/mol. The van der Waals surface area contributed by atoms with E-state index >= 15 is 0 Å². The van der Waals surface area contributed by atoms with E-state index in [1.807, 2.05) is 12.1 Å².